The van der Waals surface area contributed by atoms with Crippen molar-refractivity contribution in [2.24, 2.45) is 0 Å². The number of carbonyl (C=O) groups is 1. The van der Waals surface area contributed by atoms with Crippen molar-refractivity contribution in [3.05, 3.63) is 23.8 Å². The van der Waals surface area contributed by atoms with Crippen LogP contribution < -0.4 is 5.73 Å². The van der Waals surface area contributed by atoms with Crippen LogP contribution in [0, 0.1) is 0 Å². The molecule has 0 bridgehead atoms. The zero-order valence-corrected chi connectivity index (χ0v) is 10.7. The molecule has 0 radical (unpaired) electrons. The van der Waals surface area contributed by atoms with Crippen LogP contribution in [-0.4, -0.2) is 38.1 Å². The summed E-state index contributed by atoms with van der Waals surface area (Å²) >= 11 is 0. The fourth-order valence-electron chi connectivity index (χ4n) is 1.76. The number of nitrogens with zero attached hydrogens (tertiary/aromatic N) is 1. The van der Waals surface area contributed by atoms with E-state index in [1.807, 2.05) is 0 Å². The number of hydrogen-bond acceptors (Lipinski definition) is 5. The van der Waals surface area contributed by atoms with Crippen LogP contribution in [0.25, 0.3) is 0 Å². The molecule has 1 heterocycles. The molecule has 2 rings (SSSR count). The summed E-state index contributed by atoms with van der Waals surface area (Å²) in [6.07, 6.45) is -4.89. The summed E-state index contributed by atoms with van der Waals surface area (Å²) in [7, 11) is -4.18. The maximum Gasteiger partial charge on any atom is 0.522 e. The Hall–Kier alpha value is -1.81. The van der Waals surface area contributed by atoms with Gasteiger partial charge in [-0.1, -0.05) is 0 Å². The summed E-state index contributed by atoms with van der Waals surface area (Å²) in [5.74, 6) is -0.897. The van der Waals surface area contributed by atoms with Crippen molar-refractivity contribution in [2.45, 2.75) is 11.3 Å². The number of halogens is 3. The lowest BCUT2D eigenvalue weighted by Crippen LogP contribution is -2.34. The van der Waals surface area contributed by atoms with Crippen molar-refractivity contribution >= 4 is 21.6 Å². The average molecular weight is 310 g/mol. The number of nitrogen functional groups attached to an aromatic ring is 1. The molecular weight excluding hydrogens is 301 g/mol. The van der Waals surface area contributed by atoms with Crippen molar-refractivity contribution in [2.75, 3.05) is 18.9 Å². The highest BCUT2D eigenvalue weighted by Gasteiger charge is 2.41. The number of hydrogen-bond donors (Lipinski definition) is 1. The maximum atomic E-state index is 12.0. The highest BCUT2D eigenvalue weighted by atomic mass is 32.2. The van der Waals surface area contributed by atoms with E-state index in [0.717, 1.165) is 6.07 Å². The first-order valence-corrected chi connectivity index (χ1v) is 6.74. The van der Waals surface area contributed by atoms with E-state index in [2.05, 4.69) is 4.74 Å². The van der Waals surface area contributed by atoms with Gasteiger partial charge in [-0.25, -0.2) is 12.7 Å². The summed E-state index contributed by atoms with van der Waals surface area (Å²) < 4.78 is 63.4. The molecule has 0 fully saturated rings. The van der Waals surface area contributed by atoms with E-state index in [-0.39, 0.29) is 16.1 Å². The van der Waals surface area contributed by atoms with Gasteiger partial charge in [-0.2, -0.15) is 0 Å². The van der Waals surface area contributed by atoms with Gasteiger partial charge in [-0.3, -0.25) is 9.53 Å². The summed E-state index contributed by atoms with van der Waals surface area (Å²) in [6, 6.07) is 3.64. The third-order valence-electron chi connectivity index (χ3n) is 2.59. The molecule has 0 aromatic heterocycles. The lowest BCUT2D eigenvalue weighted by molar-refractivity contribution is -0.324. The number of ether oxygens (including phenoxy) is 1. The second kappa shape index (κ2) is 4.63. The number of amides is 1. The van der Waals surface area contributed by atoms with Gasteiger partial charge < -0.3 is 5.73 Å². The molecular formula is C10H9F3N2O4S. The number of carbonyl (C=O) groups excluding carboxylic acids is 1. The maximum absolute atomic E-state index is 12.0. The van der Waals surface area contributed by atoms with Crippen molar-refractivity contribution in [1.29, 1.82) is 0 Å². The van der Waals surface area contributed by atoms with Crippen LogP contribution in [0.3, 0.4) is 0 Å². The summed E-state index contributed by atoms with van der Waals surface area (Å²) in [4.78, 5) is 11.5. The van der Waals surface area contributed by atoms with Crippen molar-refractivity contribution < 1.29 is 31.1 Å². The predicted molar refractivity (Wildman–Crippen MR) is 61.1 cm³/mol. The van der Waals surface area contributed by atoms with Crippen molar-refractivity contribution in [3.63, 3.8) is 0 Å². The third kappa shape index (κ3) is 2.56. The van der Waals surface area contributed by atoms with E-state index in [4.69, 9.17) is 5.73 Å². The monoisotopic (exact) mass is 310 g/mol. The van der Waals surface area contributed by atoms with Gasteiger partial charge >= 0.3 is 6.36 Å². The van der Waals surface area contributed by atoms with Crippen molar-refractivity contribution in [3.8, 4) is 0 Å². The van der Waals surface area contributed by atoms with E-state index in [0.29, 0.717) is 4.31 Å². The number of nitrogens with two attached hydrogens (primary N) is 1. The minimum absolute atomic E-state index is 0.119. The molecule has 1 aromatic carbocycles. The molecule has 1 aliphatic rings. The Bertz CT molecular complexity index is 657. The highest BCUT2D eigenvalue weighted by molar-refractivity contribution is 7.90. The van der Waals surface area contributed by atoms with E-state index < -0.39 is 35.4 Å². The molecule has 6 nitrogen and oxygen atoms in total. The zero-order chi connectivity index (χ0) is 15.1. The van der Waals surface area contributed by atoms with Crippen LogP contribution >= 0.6 is 0 Å². The summed E-state index contributed by atoms with van der Waals surface area (Å²) in [6.45, 7) is -1.70. The first-order chi connectivity index (χ1) is 9.13. The Kier molecular flexibility index (Phi) is 3.38. The number of anilines is 1. The largest absolute Gasteiger partial charge is 0.522 e. The van der Waals surface area contributed by atoms with E-state index >= 15 is 0 Å². The molecule has 1 amide bonds. The molecule has 0 aliphatic carbocycles. The van der Waals surface area contributed by atoms with Crippen LogP contribution in [0.1, 0.15) is 10.4 Å². The molecule has 20 heavy (non-hydrogen) atoms. The average Bonchev–Trinajstić information content (AvgIpc) is 2.48. The Morgan fingerprint density at radius 2 is 1.95 bits per heavy atom. The molecule has 0 saturated heterocycles. The van der Waals surface area contributed by atoms with Gasteiger partial charge in [-0.05, 0) is 18.2 Å². The SMILES string of the molecule is Nc1ccc2c(c1)S(=O)(=O)N(CCOC(F)(F)F)C2=O. The lowest BCUT2D eigenvalue weighted by atomic mass is 10.2. The van der Waals surface area contributed by atoms with Crippen LogP contribution in [0.5, 0.6) is 0 Å². The third-order valence-corrected chi connectivity index (χ3v) is 4.41. The van der Waals surface area contributed by atoms with Crippen LogP contribution in [0.15, 0.2) is 23.1 Å². The molecule has 0 saturated carbocycles. The Balaban J connectivity index is 2.24. The lowest BCUT2D eigenvalue weighted by Gasteiger charge is -2.15. The van der Waals surface area contributed by atoms with Gasteiger partial charge in [0.15, 0.2) is 0 Å². The smallest absolute Gasteiger partial charge is 0.399 e. The van der Waals surface area contributed by atoms with Gasteiger partial charge in [0.2, 0.25) is 0 Å². The Labute approximate surface area is 112 Å². The quantitative estimate of drug-likeness (QED) is 0.840. The van der Waals surface area contributed by atoms with Gasteiger partial charge in [0.1, 0.15) is 4.90 Å². The number of fused-ring (bicyclic) bond motifs is 1. The molecule has 1 aromatic rings. The summed E-state index contributed by atoms with van der Waals surface area (Å²) in [5, 5.41) is 0. The number of rotatable bonds is 3. The topological polar surface area (TPSA) is 89.7 Å². The molecule has 110 valence electrons. The molecule has 2 N–H and O–H groups in total. The first kappa shape index (κ1) is 14.6. The minimum Gasteiger partial charge on any atom is -0.399 e. The number of benzene rings is 1. The fraction of sp³-hybridized carbons (Fsp3) is 0.300. The number of alkyl halides is 3. The Morgan fingerprint density at radius 3 is 2.55 bits per heavy atom. The standard InChI is InChI=1S/C10H9F3N2O4S/c11-10(12,13)19-4-3-15-9(16)7-2-1-6(14)5-8(7)20(15,17)18/h1-2,5H,3-4,14H2. The van der Waals surface area contributed by atoms with E-state index in [1.165, 1.54) is 12.1 Å². The van der Waals surface area contributed by atoms with Crippen LogP contribution in [0.2, 0.25) is 0 Å². The molecule has 0 spiro atoms. The highest BCUT2D eigenvalue weighted by Crippen LogP contribution is 2.31. The number of sulfonamides is 1. The Morgan fingerprint density at radius 1 is 1.30 bits per heavy atom. The van der Waals surface area contributed by atoms with Gasteiger partial charge in [0.25, 0.3) is 15.9 Å². The second-order valence-electron chi connectivity index (χ2n) is 3.93. The molecule has 10 heteroatoms. The van der Waals surface area contributed by atoms with Gasteiger partial charge in [0, 0.05) is 5.69 Å². The fourth-order valence-corrected chi connectivity index (χ4v) is 3.34. The van der Waals surface area contributed by atoms with Crippen molar-refractivity contribution in [1.82, 2.24) is 4.31 Å². The molecule has 1 aliphatic heterocycles. The van der Waals surface area contributed by atoms with Gasteiger partial charge in [-0.15, -0.1) is 13.2 Å². The summed E-state index contributed by atoms with van der Waals surface area (Å²) in [5.41, 5.74) is 5.45. The zero-order valence-electron chi connectivity index (χ0n) is 9.85. The predicted octanol–water partition coefficient (Wildman–Crippen LogP) is 0.950. The van der Waals surface area contributed by atoms with E-state index in [9.17, 15) is 26.4 Å². The van der Waals surface area contributed by atoms with Crippen LogP contribution in [-0.2, 0) is 14.8 Å². The van der Waals surface area contributed by atoms with E-state index in [1.54, 1.807) is 0 Å². The molecule has 0 unspecified atom stereocenters. The minimum atomic E-state index is -4.89. The normalized spacial score (nSPS) is 17.4. The second-order valence-corrected chi connectivity index (χ2v) is 5.76. The van der Waals surface area contributed by atoms with Crippen LogP contribution in [0.4, 0.5) is 18.9 Å². The van der Waals surface area contributed by atoms with Gasteiger partial charge in [0.05, 0.1) is 18.7 Å². The first-order valence-electron chi connectivity index (χ1n) is 5.30. The molecule has 0 atom stereocenters.